The van der Waals surface area contributed by atoms with Crippen molar-refractivity contribution in [1.82, 2.24) is 0 Å². The Morgan fingerprint density at radius 3 is 1.33 bits per heavy atom. The summed E-state index contributed by atoms with van der Waals surface area (Å²) in [4.78, 5) is 16.6. The normalized spacial score (nSPS) is 11.6. The highest BCUT2D eigenvalue weighted by Gasteiger charge is 2.31. The fourth-order valence-electron chi connectivity index (χ4n) is 5.62. The van der Waals surface area contributed by atoms with Gasteiger partial charge in [0.15, 0.2) is 0 Å². The van der Waals surface area contributed by atoms with Gasteiger partial charge in [-0.3, -0.25) is 20.0 Å². The maximum absolute atomic E-state index is 12.9. The number of hydrogen-bond donors (Lipinski definition) is 2. The summed E-state index contributed by atoms with van der Waals surface area (Å²) in [5.41, 5.74) is 8.55. The molecule has 3 rings (SSSR count). The van der Waals surface area contributed by atoms with E-state index in [0.717, 1.165) is 29.9 Å². The van der Waals surface area contributed by atoms with Gasteiger partial charge in [-0.2, -0.15) is 0 Å². The molecule has 3 aromatic rings. The molecule has 0 fully saturated rings. The van der Waals surface area contributed by atoms with E-state index >= 15 is 0 Å². The van der Waals surface area contributed by atoms with Crippen molar-refractivity contribution in [3.05, 3.63) is 91.0 Å². The average Bonchev–Trinajstić information content (AvgIpc) is 3.02. The molecule has 0 aliphatic rings. The molecule has 1 atom stereocenters. The van der Waals surface area contributed by atoms with Crippen molar-refractivity contribution in [3.63, 3.8) is 0 Å². The lowest BCUT2D eigenvalue weighted by molar-refractivity contribution is -0.119. The van der Waals surface area contributed by atoms with Crippen LogP contribution in [0.3, 0.4) is 0 Å². The first-order valence-electron chi connectivity index (χ1n) is 16.3. The first-order valence-corrected chi connectivity index (χ1v) is 16.3. The van der Waals surface area contributed by atoms with Crippen molar-refractivity contribution in [2.75, 3.05) is 9.80 Å². The molecule has 3 aromatic carbocycles. The number of hydrogen-bond acceptors (Lipinski definition) is 2. The second-order valence-electron chi connectivity index (χ2n) is 11.3. The number of benzene rings is 3. The fourth-order valence-corrected chi connectivity index (χ4v) is 5.62. The number of anilines is 3. The largest absolute Gasteiger partial charge is 0.368 e. The zero-order chi connectivity index (χ0) is 29.8. The third-order valence-electron chi connectivity index (χ3n) is 7.97. The summed E-state index contributed by atoms with van der Waals surface area (Å²) >= 11 is 0. The first kappa shape index (κ1) is 32.9. The molecular weight excluding hydrogens is 516 g/mol. The van der Waals surface area contributed by atoms with Crippen molar-refractivity contribution in [3.8, 4) is 0 Å². The average molecular weight is 569 g/mol. The van der Waals surface area contributed by atoms with Crippen molar-refractivity contribution >= 4 is 28.9 Å². The Bertz CT molecular complexity index is 1100. The standard InChI is InChI=1S/C37H52N4O/c1-2-3-4-5-6-7-8-9-10-11-12-13-14-24-31-35(36(38)42)41(34-29-22-17-23-30-34)37(39)40(32-25-18-15-19-26-32)33-27-20-16-21-28-33/h15-23,25-30,35,39H,2-14,24,31H2,1H3,(H2,38,42). The maximum atomic E-state index is 12.9. The molecule has 0 aliphatic carbocycles. The van der Waals surface area contributed by atoms with Crippen molar-refractivity contribution < 1.29 is 4.79 Å². The summed E-state index contributed by atoms with van der Waals surface area (Å²) in [7, 11) is 0. The van der Waals surface area contributed by atoms with Gasteiger partial charge in [-0.1, -0.05) is 151 Å². The SMILES string of the molecule is CCCCCCCCCCCCCCCCC(C(N)=O)N(C(=N)N(c1ccccc1)c1ccccc1)c1ccccc1. The van der Waals surface area contributed by atoms with E-state index in [2.05, 4.69) is 6.92 Å². The number of primary amides is 1. The number of nitrogens with two attached hydrogens (primary N) is 1. The van der Waals surface area contributed by atoms with Gasteiger partial charge in [-0.15, -0.1) is 0 Å². The van der Waals surface area contributed by atoms with Crippen LogP contribution in [0.25, 0.3) is 0 Å². The van der Waals surface area contributed by atoms with Gasteiger partial charge >= 0.3 is 0 Å². The van der Waals surface area contributed by atoms with E-state index in [4.69, 9.17) is 5.73 Å². The van der Waals surface area contributed by atoms with Gasteiger partial charge in [-0.05, 0) is 42.8 Å². The second kappa shape index (κ2) is 19.5. The molecule has 0 aliphatic heterocycles. The Balaban J connectivity index is 1.58. The number of unbranched alkanes of at least 4 members (excludes halogenated alkanes) is 13. The molecule has 1 unspecified atom stereocenters. The number of carbonyl (C=O) groups excluding carboxylic acids is 1. The predicted octanol–water partition coefficient (Wildman–Crippen LogP) is 9.99. The quantitative estimate of drug-likeness (QED) is 0.0809. The molecule has 5 nitrogen and oxygen atoms in total. The number of guanidine groups is 1. The smallest absolute Gasteiger partial charge is 0.240 e. The molecule has 0 aromatic heterocycles. The lowest BCUT2D eigenvalue weighted by Gasteiger charge is -2.37. The van der Waals surface area contributed by atoms with E-state index in [1.807, 2.05) is 101 Å². The van der Waals surface area contributed by atoms with Gasteiger partial charge in [0.1, 0.15) is 6.04 Å². The van der Waals surface area contributed by atoms with Gasteiger partial charge < -0.3 is 5.73 Å². The molecule has 0 spiro atoms. The summed E-state index contributed by atoms with van der Waals surface area (Å²) in [6.45, 7) is 2.27. The minimum absolute atomic E-state index is 0.202. The van der Waals surface area contributed by atoms with E-state index in [1.165, 1.54) is 77.0 Å². The highest BCUT2D eigenvalue weighted by atomic mass is 16.1. The van der Waals surface area contributed by atoms with Crippen LogP contribution in [0.15, 0.2) is 91.0 Å². The lowest BCUT2D eigenvalue weighted by atomic mass is 10.0. The van der Waals surface area contributed by atoms with Crippen LogP contribution in [0.4, 0.5) is 17.1 Å². The van der Waals surface area contributed by atoms with Crippen molar-refractivity contribution in [2.24, 2.45) is 5.73 Å². The summed E-state index contributed by atoms with van der Waals surface area (Å²) in [6, 6.07) is 28.8. The molecule has 0 heterocycles. The van der Waals surface area contributed by atoms with E-state index in [1.54, 1.807) is 0 Å². The third-order valence-corrected chi connectivity index (χ3v) is 7.97. The van der Waals surface area contributed by atoms with Gasteiger partial charge in [-0.25, -0.2) is 0 Å². The maximum Gasteiger partial charge on any atom is 0.240 e. The number of rotatable bonds is 20. The summed E-state index contributed by atoms with van der Waals surface area (Å²) in [5.74, 6) is -0.202. The summed E-state index contributed by atoms with van der Waals surface area (Å²) < 4.78 is 0. The third kappa shape index (κ3) is 11.0. The number of amides is 1. The molecule has 42 heavy (non-hydrogen) atoms. The van der Waals surface area contributed by atoms with E-state index in [0.29, 0.717) is 6.42 Å². The lowest BCUT2D eigenvalue weighted by Crippen LogP contribution is -2.52. The minimum atomic E-state index is -0.618. The van der Waals surface area contributed by atoms with Gasteiger partial charge in [0.25, 0.3) is 0 Å². The zero-order valence-corrected chi connectivity index (χ0v) is 25.7. The Hall–Kier alpha value is -3.60. The number of nitrogens with zero attached hydrogens (tertiary/aromatic N) is 2. The van der Waals surface area contributed by atoms with Crippen LogP contribution in [0.1, 0.15) is 103 Å². The molecule has 0 bridgehead atoms. The Morgan fingerprint density at radius 1 is 0.595 bits per heavy atom. The highest BCUT2D eigenvalue weighted by molar-refractivity contribution is 6.12. The highest BCUT2D eigenvalue weighted by Crippen LogP contribution is 2.30. The summed E-state index contributed by atoms with van der Waals surface area (Å²) in [5, 5.41) is 9.47. The molecule has 0 saturated carbocycles. The zero-order valence-electron chi connectivity index (χ0n) is 25.7. The van der Waals surface area contributed by atoms with Gasteiger partial charge in [0, 0.05) is 17.1 Å². The molecular formula is C37H52N4O. The van der Waals surface area contributed by atoms with Crippen LogP contribution < -0.4 is 15.5 Å². The van der Waals surface area contributed by atoms with Crippen LogP contribution in [0, 0.1) is 5.41 Å². The fraction of sp³-hybridized carbons (Fsp3) is 0.459. The number of nitrogens with one attached hydrogen (secondary N) is 1. The monoisotopic (exact) mass is 568 g/mol. The van der Waals surface area contributed by atoms with Crippen LogP contribution in [0.5, 0.6) is 0 Å². The molecule has 1 amide bonds. The minimum Gasteiger partial charge on any atom is -0.368 e. The molecule has 0 radical (unpaired) electrons. The van der Waals surface area contributed by atoms with E-state index < -0.39 is 11.9 Å². The Labute approximate surface area is 254 Å². The molecule has 5 heteroatoms. The van der Waals surface area contributed by atoms with Crippen LogP contribution in [0.2, 0.25) is 0 Å². The summed E-state index contributed by atoms with van der Waals surface area (Å²) in [6.07, 6.45) is 18.6. The molecule has 0 saturated heterocycles. The van der Waals surface area contributed by atoms with E-state index in [-0.39, 0.29) is 5.96 Å². The molecule has 3 N–H and O–H groups in total. The topological polar surface area (TPSA) is 73.4 Å². The van der Waals surface area contributed by atoms with Crippen LogP contribution in [-0.4, -0.2) is 17.9 Å². The van der Waals surface area contributed by atoms with Gasteiger partial charge in [0.2, 0.25) is 11.9 Å². The predicted molar refractivity (Wildman–Crippen MR) is 180 cm³/mol. The number of carbonyl (C=O) groups is 1. The van der Waals surface area contributed by atoms with Crippen molar-refractivity contribution in [2.45, 2.75) is 109 Å². The van der Waals surface area contributed by atoms with Crippen molar-refractivity contribution in [1.29, 1.82) is 5.41 Å². The van der Waals surface area contributed by atoms with E-state index in [9.17, 15) is 10.2 Å². The Morgan fingerprint density at radius 2 is 0.952 bits per heavy atom. The van der Waals surface area contributed by atoms with Gasteiger partial charge in [0.05, 0.1) is 0 Å². The van der Waals surface area contributed by atoms with Crippen LogP contribution in [-0.2, 0) is 4.79 Å². The number of para-hydroxylation sites is 3. The molecule has 226 valence electrons. The Kier molecular flexibility index (Phi) is 15.3. The first-order chi connectivity index (χ1) is 20.6. The van der Waals surface area contributed by atoms with Crippen LogP contribution >= 0.6 is 0 Å². The second-order valence-corrected chi connectivity index (χ2v) is 11.3.